The molecule has 0 aliphatic rings. The van der Waals surface area contributed by atoms with Gasteiger partial charge in [-0.1, -0.05) is 0 Å². The molecule has 16 heavy (non-hydrogen) atoms. The predicted octanol–water partition coefficient (Wildman–Crippen LogP) is -1.12. The summed E-state index contributed by atoms with van der Waals surface area (Å²) in [6, 6.07) is -0.438. The summed E-state index contributed by atoms with van der Waals surface area (Å²) in [5.74, 6) is 0.616. The van der Waals surface area contributed by atoms with Gasteiger partial charge in [-0.2, -0.15) is 25.3 Å². The zero-order valence-electron chi connectivity index (χ0n) is 8.76. The van der Waals surface area contributed by atoms with E-state index in [1.165, 1.54) is 11.8 Å². The molecule has 5 nitrogen and oxygen atoms in total. The Hall–Kier alpha value is -0.0500. The number of hydrogen-bond acceptors (Lipinski definition) is 6. The van der Waals surface area contributed by atoms with Gasteiger partial charge in [0.1, 0.15) is 0 Å². The van der Waals surface area contributed by atoms with Crippen molar-refractivity contribution in [1.29, 1.82) is 0 Å². The van der Waals surface area contributed by atoms with E-state index in [0.29, 0.717) is 23.8 Å². The maximum atomic E-state index is 10.9. The van der Waals surface area contributed by atoms with Crippen LogP contribution in [0.15, 0.2) is 0 Å². The first-order valence-corrected chi connectivity index (χ1v) is 6.99. The maximum absolute atomic E-state index is 10.9. The summed E-state index contributed by atoms with van der Waals surface area (Å²) in [6.07, 6.45) is 0. The second-order valence-corrected chi connectivity index (χ2v) is 5.08. The van der Waals surface area contributed by atoms with Crippen LogP contribution in [0.2, 0.25) is 0 Å². The number of nitrogens with two attached hydrogens (primary N) is 2. The number of hydrogen-bond donors (Lipinski definition) is 5. The minimum Gasteiger partial charge on any atom is -0.369 e. The van der Waals surface area contributed by atoms with Crippen LogP contribution >= 0.6 is 37.0 Å². The van der Waals surface area contributed by atoms with Gasteiger partial charge in [0.05, 0.1) is 11.3 Å². The average molecular weight is 283 g/mol. The van der Waals surface area contributed by atoms with Crippen molar-refractivity contribution in [3.05, 3.63) is 0 Å². The Morgan fingerprint density at radius 3 is 2.19 bits per heavy atom. The monoisotopic (exact) mass is 283 g/mol. The van der Waals surface area contributed by atoms with Crippen LogP contribution in [-0.4, -0.2) is 46.9 Å². The quantitative estimate of drug-likeness (QED) is 0.273. The number of primary amides is 2. The van der Waals surface area contributed by atoms with Gasteiger partial charge in [-0.25, -0.2) is 0 Å². The van der Waals surface area contributed by atoms with E-state index >= 15 is 0 Å². The standard InChI is InChI=1S/C8H17N3O2S3/c9-7(12)5(3-14)11-1-2-16-6(4-15)8(10)13/h5-6,11,14-15H,1-4H2,(H2,9,12)(H2,10,13)/t5-,6-/m0/s1. The molecule has 0 radical (unpaired) electrons. The minimum atomic E-state index is -0.438. The molecule has 0 aromatic carbocycles. The van der Waals surface area contributed by atoms with Gasteiger partial charge in [-0.15, -0.1) is 11.8 Å². The first-order chi connectivity index (χ1) is 7.52. The third-order valence-electron chi connectivity index (χ3n) is 1.82. The SMILES string of the molecule is NC(=O)[C@H](CS)NCCS[C@@H](CS)C(N)=O. The molecule has 0 unspecified atom stereocenters. The Balaban J connectivity index is 3.73. The smallest absolute Gasteiger partial charge is 0.235 e. The molecule has 0 spiro atoms. The number of rotatable bonds is 9. The Kier molecular flexibility index (Phi) is 9.00. The zero-order chi connectivity index (χ0) is 12.6. The van der Waals surface area contributed by atoms with Gasteiger partial charge in [-0.3, -0.25) is 9.59 Å². The molecular formula is C8H17N3O2S3. The molecule has 0 bridgehead atoms. The fourth-order valence-electron chi connectivity index (χ4n) is 0.914. The molecule has 0 aliphatic carbocycles. The largest absolute Gasteiger partial charge is 0.369 e. The molecule has 0 rings (SSSR count). The highest BCUT2D eigenvalue weighted by atomic mass is 32.2. The Labute approximate surface area is 110 Å². The van der Waals surface area contributed by atoms with Crippen LogP contribution in [-0.2, 0) is 9.59 Å². The third-order valence-corrected chi connectivity index (χ3v) is 4.04. The van der Waals surface area contributed by atoms with E-state index in [1.54, 1.807) is 0 Å². The zero-order valence-corrected chi connectivity index (χ0v) is 11.4. The van der Waals surface area contributed by atoms with Gasteiger partial charge in [0.2, 0.25) is 11.8 Å². The molecule has 0 saturated heterocycles. The average Bonchev–Trinajstić information content (AvgIpc) is 2.22. The second-order valence-electron chi connectivity index (χ2n) is 3.04. The molecule has 0 saturated carbocycles. The summed E-state index contributed by atoms with van der Waals surface area (Å²) < 4.78 is 0. The van der Waals surface area contributed by atoms with Gasteiger partial charge in [-0.05, 0) is 0 Å². The Bertz CT molecular complexity index is 217. The summed E-state index contributed by atoms with van der Waals surface area (Å²) in [5.41, 5.74) is 10.3. The van der Waals surface area contributed by atoms with E-state index in [1.807, 2.05) is 0 Å². The van der Waals surface area contributed by atoms with Crippen molar-refractivity contribution in [3.8, 4) is 0 Å². The molecule has 0 aliphatic heterocycles. The molecule has 94 valence electrons. The van der Waals surface area contributed by atoms with Gasteiger partial charge in [0, 0.05) is 23.8 Å². The van der Waals surface area contributed by atoms with Crippen molar-refractivity contribution in [2.24, 2.45) is 11.5 Å². The van der Waals surface area contributed by atoms with Crippen LogP contribution in [0.25, 0.3) is 0 Å². The fraction of sp³-hybridized carbons (Fsp3) is 0.750. The molecule has 0 fully saturated rings. The summed E-state index contributed by atoms with van der Waals surface area (Å²) in [4.78, 5) is 21.7. The summed E-state index contributed by atoms with van der Waals surface area (Å²) >= 11 is 9.42. The van der Waals surface area contributed by atoms with Crippen LogP contribution in [0.3, 0.4) is 0 Å². The lowest BCUT2D eigenvalue weighted by Crippen LogP contribution is -2.43. The molecule has 2 atom stereocenters. The van der Waals surface area contributed by atoms with Crippen LogP contribution in [0.5, 0.6) is 0 Å². The molecule has 0 aromatic rings. The Morgan fingerprint density at radius 1 is 1.19 bits per heavy atom. The Morgan fingerprint density at radius 2 is 1.81 bits per heavy atom. The number of nitrogens with one attached hydrogen (secondary N) is 1. The van der Waals surface area contributed by atoms with Gasteiger partial charge in [0.25, 0.3) is 0 Å². The van der Waals surface area contributed by atoms with E-state index in [9.17, 15) is 9.59 Å². The number of carbonyl (C=O) groups is 2. The number of thioether (sulfide) groups is 1. The summed E-state index contributed by atoms with van der Waals surface area (Å²) in [6.45, 7) is 0.566. The highest BCUT2D eigenvalue weighted by Crippen LogP contribution is 2.11. The van der Waals surface area contributed by atoms with Crippen molar-refractivity contribution < 1.29 is 9.59 Å². The van der Waals surface area contributed by atoms with Crippen LogP contribution in [0, 0.1) is 0 Å². The van der Waals surface area contributed by atoms with Gasteiger partial charge in [0.15, 0.2) is 0 Å². The highest BCUT2D eigenvalue weighted by molar-refractivity contribution is 8.01. The third kappa shape index (κ3) is 6.51. The lowest BCUT2D eigenvalue weighted by molar-refractivity contribution is -0.119. The van der Waals surface area contributed by atoms with E-state index in [0.717, 1.165) is 0 Å². The van der Waals surface area contributed by atoms with E-state index in [2.05, 4.69) is 30.6 Å². The highest BCUT2D eigenvalue weighted by Gasteiger charge is 2.15. The lowest BCUT2D eigenvalue weighted by atomic mass is 10.3. The van der Waals surface area contributed by atoms with Gasteiger partial charge >= 0.3 is 0 Å². The predicted molar refractivity (Wildman–Crippen MR) is 74.1 cm³/mol. The molecule has 8 heteroatoms. The van der Waals surface area contributed by atoms with Gasteiger partial charge < -0.3 is 16.8 Å². The molecule has 0 heterocycles. The van der Waals surface area contributed by atoms with Crippen LogP contribution in [0.4, 0.5) is 0 Å². The van der Waals surface area contributed by atoms with Crippen LogP contribution in [0.1, 0.15) is 0 Å². The molecular weight excluding hydrogens is 266 g/mol. The normalized spacial score (nSPS) is 14.4. The van der Waals surface area contributed by atoms with Crippen LogP contribution < -0.4 is 16.8 Å². The summed E-state index contributed by atoms with van der Waals surface area (Å²) in [5, 5.41) is 2.64. The molecule has 5 N–H and O–H groups in total. The second kappa shape index (κ2) is 9.03. The minimum absolute atomic E-state index is 0.298. The maximum Gasteiger partial charge on any atom is 0.235 e. The molecule has 2 amide bonds. The lowest BCUT2D eigenvalue weighted by Gasteiger charge is -2.14. The first-order valence-electron chi connectivity index (χ1n) is 4.68. The topological polar surface area (TPSA) is 98.2 Å². The molecule has 0 aromatic heterocycles. The number of carbonyl (C=O) groups excluding carboxylic acids is 2. The fourth-order valence-corrected chi connectivity index (χ4v) is 2.51. The van der Waals surface area contributed by atoms with E-state index in [4.69, 9.17) is 11.5 Å². The van der Waals surface area contributed by atoms with Crippen molar-refractivity contribution in [3.63, 3.8) is 0 Å². The van der Waals surface area contributed by atoms with E-state index < -0.39 is 11.9 Å². The van der Waals surface area contributed by atoms with E-state index in [-0.39, 0.29) is 11.2 Å². The summed E-state index contributed by atoms with van der Waals surface area (Å²) in [7, 11) is 0. The first kappa shape index (κ1) is 16.0. The number of amides is 2. The van der Waals surface area contributed by atoms with Crippen molar-refractivity contribution in [2.75, 3.05) is 23.8 Å². The van der Waals surface area contributed by atoms with Crippen molar-refractivity contribution in [1.82, 2.24) is 5.32 Å². The number of thiol groups is 2. The van der Waals surface area contributed by atoms with Crippen molar-refractivity contribution >= 4 is 48.8 Å². The van der Waals surface area contributed by atoms with Crippen molar-refractivity contribution in [2.45, 2.75) is 11.3 Å².